The van der Waals surface area contributed by atoms with Gasteiger partial charge in [-0.05, 0) is 74.6 Å². The molecule has 1 fully saturated rings. The minimum absolute atomic E-state index is 0.570. The molecule has 0 heteroatoms. The molecule has 0 saturated heterocycles. The van der Waals surface area contributed by atoms with E-state index in [2.05, 4.69) is 74.2 Å². The smallest absolute Gasteiger partial charge is 0.0245 e. The molecule has 0 nitrogen and oxygen atoms in total. The summed E-state index contributed by atoms with van der Waals surface area (Å²) in [6.45, 7) is 4.42. The van der Waals surface area contributed by atoms with Gasteiger partial charge in [0.05, 0.1) is 0 Å². The Morgan fingerprint density at radius 2 is 1.54 bits per heavy atom. The molecule has 1 aliphatic carbocycles. The fourth-order valence-electron chi connectivity index (χ4n) is 3.93. The second kappa shape index (κ2) is 9.63. The Kier molecular flexibility index (Phi) is 6.96. The summed E-state index contributed by atoms with van der Waals surface area (Å²) in [4.78, 5) is 0. The van der Waals surface area contributed by atoms with Gasteiger partial charge in [-0.25, -0.2) is 0 Å². The summed E-state index contributed by atoms with van der Waals surface area (Å²) < 4.78 is 0. The van der Waals surface area contributed by atoms with Crippen molar-refractivity contribution in [3.8, 4) is 11.8 Å². The van der Waals surface area contributed by atoms with Crippen LogP contribution in [0.4, 0.5) is 0 Å². The van der Waals surface area contributed by atoms with Crippen LogP contribution in [-0.2, 0) is 6.42 Å². The van der Waals surface area contributed by atoms with Gasteiger partial charge >= 0.3 is 0 Å². The summed E-state index contributed by atoms with van der Waals surface area (Å²) >= 11 is 0. The van der Waals surface area contributed by atoms with Crippen molar-refractivity contribution in [1.29, 1.82) is 0 Å². The third kappa shape index (κ3) is 5.50. The quantitative estimate of drug-likeness (QED) is 0.402. The van der Waals surface area contributed by atoms with Crippen LogP contribution in [0.15, 0.2) is 48.5 Å². The zero-order chi connectivity index (χ0) is 18.2. The van der Waals surface area contributed by atoms with Crippen LogP contribution in [-0.4, -0.2) is 0 Å². The SMILES string of the molecule is CCCCCc1ccc(C#C[C@H]2CC[C@H](c3ccc(C)cc3)CC2)cc1. The predicted octanol–water partition coefficient (Wildman–Crippen LogP) is 7.05. The third-order valence-corrected chi connectivity index (χ3v) is 5.72. The zero-order valence-electron chi connectivity index (χ0n) is 16.4. The van der Waals surface area contributed by atoms with E-state index in [0.717, 1.165) is 5.92 Å². The van der Waals surface area contributed by atoms with Gasteiger partial charge in [0.1, 0.15) is 0 Å². The molecule has 0 bridgehead atoms. The van der Waals surface area contributed by atoms with Crippen LogP contribution in [0, 0.1) is 24.7 Å². The van der Waals surface area contributed by atoms with Gasteiger partial charge in [0.2, 0.25) is 0 Å². The molecule has 0 N–H and O–H groups in total. The monoisotopic (exact) mass is 344 g/mol. The van der Waals surface area contributed by atoms with Gasteiger partial charge in [0.25, 0.3) is 0 Å². The highest BCUT2D eigenvalue weighted by Gasteiger charge is 2.20. The normalized spacial score (nSPS) is 19.6. The molecule has 2 aromatic rings. The highest BCUT2D eigenvalue weighted by Crippen LogP contribution is 2.35. The molecule has 1 saturated carbocycles. The molecular formula is C26H32. The molecule has 0 heterocycles. The van der Waals surface area contributed by atoms with E-state index < -0.39 is 0 Å². The average molecular weight is 345 g/mol. The van der Waals surface area contributed by atoms with Gasteiger partial charge in [-0.2, -0.15) is 0 Å². The highest BCUT2D eigenvalue weighted by molar-refractivity contribution is 5.37. The minimum atomic E-state index is 0.570. The van der Waals surface area contributed by atoms with Crippen molar-refractivity contribution in [3.05, 3.63) is 70.8 Å². The maximum atomic E-state index is 3.54. The Morgan fingerprint density at radius 1 is 0.846 bits per heavy atom. The molecule has 26 heavy (non-hydrogen) atoms. The first-order valence-corrected chi connectivity index (χ1v) is 10.4. The van der Waals surface area contributed by atoms with Crippen LogP contribution in [0.25, 0.3) is 0 Å². The van der Waals surface area contributed by atoms with Crippen LogP contribution < -0.4 is 0 Å². The van der Waals surface area contributed by atoms with Crippen LogP contribution >= 0.6 is 0 Å². The molecule has 0 radical (unpaired) electrons. The Hall–Kier alpha value is -2.00. The molecule has 0 unspecified atom stereocenters. The summed E-state index contributed by atoms with van der Waals surface area (Å²) in [5, 5.41) is 0. The molecule has 0 amide bonds. The Balaban J connectivity index is 1.49. The van der Waals surface area contributed by atoms with Crippen LogP contribution in [0.2, 0.25) is 0 Å². The topological polar surface area (TPSA) is 0 Å². The Morgan fingerprint density at radius 3 is 2.19 bits per heavy atom. The van der Waals surface area contributed by atoms with E-state index in [1.54, 1.807) is 0 Å². The van der Waals surface area contributed by atoms with Gasteiger partial charge in [-0.1, -0.05) is 73.6 Å². The molecule has 2 aromatic carbocycles. The summed E-state index contributed by atoms with van der Waals surface area (Å²) in [7, 11) is 0. The van der Waals surface area contributed by atoms with Crippen molar-refractivity contribution >= 4 is 0 Å². The van der Waals surface area contributed by atoms with Crippen molar-refractivity contribution in [2.75, 3.05) is 0 Å². The first kappa shape index (κ1) is 18.8. The van der Waals surface area contributed by atoms with E-state index in [9.17, 15) is 0 Å². The lowest BCUT2D eigenvalue weighted by Crippen LogP contribution is -2.12. The molecule has 0 atom stereocenters. The average Bonchev–Trinajstić information content (AvgIpc) is 2.69. The van der Waals surface area contributed by atoms with E-state index in [0.29, 0.717) is 5.92 Å². The molecule has 136 valence electrons. The molecule has 1 aliphatic rings. The molecular weight excluding hydrogens is 312 g/mol. The van der Waals surface area contributed by atoms with Crippen molar-refractivity contribution in [3.63, 3.8) is 0 Å². The first-order valence-electron chi connectivity index (χ1n) is 10.4. The standard InChI is InChI=1S/C26H32/c1-3-4-5-6-22-9-11-23(12-10-22)13-14-24-15-19-26(20-16-24)25-17-7-21(2)8-18-25/h7-12,17-18,24,26H,3-6,15-16,19-20H2,1-2H3/t24-,26-. The summed E-state index contributed by atoms with van der Waals surface area (Å²) in [6.07, 6.45) is 10.1. The lowest BCUT2D eigenvalue weighted by atomic mass is 9.79. The van der Waals surface area contributed by atoms with Crippen molar-refractivity contribution in [2.24, 2.45) is 5.92 Å². The van der Waals surface area contributed by atoms with Gasteiger partial charge in [-0.15, -0.1) is 0 Å². The lowest BCUT2D eigenvalue weighted by molar-refractivity contribution is 0.384. The number of hydrogen-bond donors (Lipinski definition) is 0. The maximum absolute atomic E-state index is 3.54. The second-order valence-electron chi connectivity index (χ2n) is 7.88. The number of aryl methyl sites for hydroxylation is 2. The Bertz CT molecular complexity index is 716. The van der Waals surface area contributed by atoms with Gasteiger partial charge in [-0.3, -0.25) is 0 Å². The molecule has 3 rings (SSSR count). The number of benzene rings is 2. The van der Waals surface area contributed by atoms with E-state index in [4.69, 9.17) is 0 Å². The molecule has 0 aliphatic heterocycles. The summed E-state index contributed by atoms with van der Waals surface area (Å²) in [6, 6.07) is 18.0. The number of rotatable bonds is 5. The lowest BCUT2D eigenvalue weighted by Gasteiger charge is -2.26. The van der Waals surface area contributed by atoms with Gasteiger partial charge < -0.3 is 0 Å². The van der Waals surface area contributed by atoms with Gasteiger partial charge in [0, 0.05) is 11.5 Å². The third-order valence-electron chi connectivity index (χ3n) is 5.72. The van der Waals surface area contributed by atoms with Crippen molar-refractivity contribution in [1.82, 2.24) is 0 Å². The predicted molar refractivity (Wildman–Crippen MR) is 112 cm³/mol. The van der Waals surface area contributed by atoms with Crippen molar-refractivity contribution in [2.45, 2.75) is 71.1 Å². The van der Waals surface area contributed by atoms with Crippen LogP contribution in [0.1, 0.15) is 80.0 Å². The van der Waals surface area contributed by atoms with Crippen molar-refractivity contribution < 1.29 is 0 Å². The number of hydrogen-bond acceptors (Lipinski definition) is 0. The fraction of sp³-hybridized carbons (Fsp3) is 0.462. The molecule has 0 spiro atoms. The van der Waals surface area contributed by atoms with E-state index >= 15 is 0 Å². The summed E-state index contributed by atoms with van der Waals surface area (Å²) in [5.41, 5.74) is 5.48. The highest BCUT2D eigenvalue weighted by atomic mass is 14.2. The molecule has 0 aromatic heterocycles. The largest absolute Gasteiger partial charge is 0.0945 e. The second-order valence-corrected chi connectivity index (χ2v) is 7.88. The zero-order valence-corrected chi connectivity index (χ0v) is 16.4. The first-order chi connectivity index (χ1) is 12.7. The minimum Gasteiger partial charge on any atom is -0.0945 e. The maximum Gasteiger partial charge on any atom is 0.0245 e. The fourth-order valence-corrected chi connectivity index (χ4v) is 3.93. The summed E-state index contributed by atoms with van der Waals surface area (Å²) in [5.74, 6) is 8.26. The van der Waals surface area contributed by atoms with E-state index in [-0.39, 0.29) is 0 Å². The van der Waals surface area contributed by atoms with Crippen LogP contribution in [0.3, 0.4) is 0 Å². The van der Waals surface area contributed by atoms with Crippen LogP contribution in [0.5, 0.6) is 0 Å². The number of unbranched alkanes of at least 4 members (excludes halogenated alkanes) is 2. The van der Waals surface area contributed by atoms with Gasteiger partial charge in [0.15, 0.2) is 0 Å². The van der Waals surface area contributed by atoms with E-state index in [1.165, 1.54) is 73.6 Å². The Labute approximate surface area is 160 Å². The van der Waals surface area contributed by atoms with E-state index in [1.807, 2.05) is 0 Å².